The Morgan fingerprint density at radius 1 is 1.26 bits per heavy atom. The third-order valence-corrected chi connectivity index (χ3v) is 2.45. The number of aromatic nitrogens is 2. The molecule has 4 nitrogen and oxygen atoms in total. The van der Waals surface area contributed by atoms with Gasteiger partial charge in [-0.1, -0.05) is 12.1 Å². The topological polar surface area (TPSA) is 56.0 Å². The number of halogens is 3. The lowest BCUT2D eigenvalue weighted by Gasteiger charge is -1.98. The van der Waals surface area contributed by atoms with Crippen LogP contribution < -0.4 is 0 Å². The van der Waals surface area contributed by atoms with Crippen LogP contribution in [0.5, 0.6) is 0 Å². The Kier molecular flexibility index (Phi) is 3.64. The van der Waals surface area contributed by atoms with Crippen LogP contribution in [0.1, 0.15) is 19.2 Å². The summed E-state index contributed by atoms with van der Waals surface area (Å²) < 4.78 is 43.7. The Labute approximate surface area is 106 Å². The van der Waals surface area contributed by atoms with Gasteiger partial charge in [-0.3, -0.25) is 4.79 Å². The van der Waals surface area contributed by atoms with Crippen molar-refractivity contribution in [1.29, 1.82) is 0 Å². The van der Waals surface area contributed by atoms with Crippen molar-refractivity contribution in [3.63, 3.8) is 0 Å². The number of nitrogens with zero attached hydrogens (tertiary/aromatic N) is 2. The highest BCUT2D eigenvalue weighted by Gasteiger charge is 2.16. The Balaban J connectivity index is 2.30. The Bertz CT molecular complexity index is 602. The Hall–Kier alpha value is -2.18. The van der Waals surface area contributed by atoms with Crippen LogP contribution in [0.4, 0.5) is 13.2 Å². The summed E-state index contributed by atoms with van der Waals surface area (Å²) in [5.41, 5.74) is -0.0599. The van der Waals surface area contributed by atoms with Gasteiger partial charge in [-0.2, -0.15) is 4.98 Å². The van der Waals surface area contributed by atoms with Gasteiger partial charge < -0.3 is 4.52 Å². The highest BCUT2D eigenvalue weighted by atomic mass is 19.2. The standard InChI is InChI=1S/C12H9F3N2O2/c1-2-7(18)5-10-16-12(17-19-10)6-3-8(13)11(15)9(14)4-6/h3-4H,2,5H2,1H3. The Morgan fingerprint density at radius 2 is 1.89 bits per heavy atom. The summed E-state index contributed by atoms with van der Waals surface area (Å²) >= 11 is 0. The van der Waals surface area contributed by atoms with Crippen LogP contribution in [-0.2, 0) is 11.2 Å². The van der Waals surface area contributed by atoms with E-state index in [9.17, 15) is 18.0 Å². The monoisotopic (exact) mass is 270 g/mol. The highest BCUT2D eigenvalue weighted by molar-refractivity contribution is 5.79. The molecule has 0 radical (unpaired) electrons. The molecule has 0 bridgehead atoms. The molecule has 0 N–H and O–H groups in total. The number of carbonyl (C=O) groups is 1. The molecule has 0 aliphatic rings. The van der Waals surface area contributed by atoms with Gasteiger partial charge in [-0.05, 0) is 12.1 Å². The molecular weight excluding hydrogens is 261 g/mol. The molecule has 1 aromatic carbocycles. The second-order valence-corrected chi connectivity index (χ2v) is 3.83. The first kappa shape index (κ1) is 13.3. The van der Waals surface area contributed by atoms with E-state index in [1.165, 1.54) is 0 Å². The molecule has 0 saturated heterocycles. The number of benzene rings is 1. The van der Waals surface area contributed by atoms with Gasteiger partial charge in [0.1, 0.15) is 5.78 Å². The van der Waals surface area contributed by atoms with Crippen molar-refractivity contribution in [3.05, 3.63) is 35.5 Å². The maximum Gasteiger partial charge on any atom is 0.234 e. The molecule has 0 aliphatic carbocycles. The van der Waals surface area contributed by atoms with E-state index in [1.54, 1.807) is 6.92 Å². The van der Waals surface area contributed by atoms with Gasteiger partial charge in [0.05, 0.1) is 6.42 Å². The van der Waals surface area contributed by atoms with Crippen LogP contribution in [0.25, 0.3) is 11.4 Å². The molecule has 0 spiro atoms. The molecule has 100 valence electrons. The van der Waals surface area contributed by atoms with Gasteiger partial charge in [0.15, 0.2) is 17.5 Å². The molecule has 2 rings (SSSR count). The number of hydrogen-bond donors (Lipinski definition) is 0. The molecule has 19 heavy (non-hydrogen) atoms. The minimum Gasteiger partial charge on any atom is -0.339 e. The van der Waals surface area contributed by atoms with E-state index in [0.29, 0.717) is 6.42 Å². The van der Waals surface area contributed by atoms with Crippen LogP contribution in [-0.4, -0.2) is 15.9 Å². The van der Waals surface area contributed by atoms with E-state index in [1.807, 2.05) is 0 Å². The summed E-state index contributed by atoms with van der Waals surface area (Å²) in [6.45, 7) is 1.68. The maximum atomic E-state index is 13.0. The van der Waals surface area contributed by atoms with Crippen LogP contribution >= 0.6 is 0 Å². The van der Waals surface area contributed by atoms with Crippen LogP contribution in [0.15, 0.2) is 16.7 Å². The zero-order valence-corrected chi connectivity index (χ0v) is 9.91. The Morgan fingerprint density at radius 3 is 2.47 bits per heavy atom. The van der Waals surface area contributed by atoms with Gasteiger partial charge in [-0.25, -0.2) is 13.2 Å². The van der Waals surface area contributed by atoms with Gasteiger partial charge in [0.25, 0.3) is 0 Å². The first-order valence-corrected chi connectivity index (χ1v) is 5.50. The molecule has 0 amide bonds. The lowest BCUT2D eigenvalue weighted by atomic mass is 10.2. The van der Waals surface area contributed by atoms with Crippen molar-refractivity contribution in [2.45, 2.75) is 19.8 Å². The molecule has 0 aliphatic heterocycles. The van der Waals surface area contributed by atoms with Gasteiger partial charge in [0.2, 0.25) is 11.7 Å². The smallest absolute Gasteiger partial charge is 0.234 e. The van der Waals surface area contributed by atoms with Crippen LogP contribution in [0, 0.1) is 17.5 Å². The van der Waals surface area contributed by atoms with Crippen molar-refractivity contribution < 1.29 is 22.5 Å². The van der Waals surface area contributed by atoms with Crippen LogP contribution in [0.2, 0.25) is 0 Å². The summed E-state index contributed by atoms with van der Waals surface area (Å²) in [6.07, 6.45) is 0.271. The van der Waals surface area contributed by atoms with E-state index >= 15 is 0 Å². The zero-order chi connectivity index (χ0) is 14.0. The third kappa shape index (κ3) is 2.81. The summed E-state index contributed by atoms with van der Waals surface area (Å²) in [7, 11) is 0. The number of rotatable bonds is 4. The third-order valence-electron chi connectivity index (χ3n) is 2.45. The number of ketones is 1. The summed E-state index contributed by atoms with van der Waals surface area (Å²) in [5.74, 6) is -4.40. The fourth-order valence-electron chi connectivity index (χ4n) is 1.42. The quantitative estimate of drug-likeness (QED) is 0.801. The zero-order valence-electron chi connectivity index (χ0n) is 9.91. The number of carbonyl (C=O) groups excluding carboxylic acids is 1. The lowest BCUT2D eigenvalue weighted by molar-refractivity contribution is -0.118. The van der Waals surface area contributed by atoms with Gasteiger partial charge in [0, 0.05) is 12.0 Å². The summed E-state index contributed by atoms with van der Waals surface area (Å²) in [4.78, 5) is 15.0. The van der Waals surface area contributed by atoms with Crippen molar-refractivity contribution in [2.75, 3.05) is 0 Å². The molecule has 0 fully saturated rings. The van der Waals surface area contributed by atoms with E-state index < -0.39 is 17.5 Å². The molecule has 0 atom stereocenters. The first-order chi connectivity index (χ1) is 9.01. The lowest BCUT2D eigenvalue weighted by Crippen LogP contribution is -2.00. The molecule has 7 heteroatoms. The highest BCUT2D eigenvalue weighted by Crippen LogP contribution is 2.21. The summed E-state index contributed by atoms with van der Waals surface area (Å²) in [6, 6.07) is 1.52. The number of hydrogen-bond acceptors (Lipinski definition) is 4. The van der Waals surface area contributed by atoms with Crippen molar-refractivity contribution in [2.24, 2.45) is 0 Å². The second kappa shape index (κ2) is 5.21. The molecule has 1 aromatic heterocycles. The van der Waals surface area contributed by atoms with Gasteiger partial charge in [-0.15, -0.1) is 0 Å². The minimum atomic E-state index is -1.56. The van der Waals surface area contributed by atoms with E-state index in [-0.39, 0.29) is 29.5 Å². The van der Waals surface area contributed by atoms with Crippen molar-refractivity contribution in [3.8, 4) is 11.4 Å². The average molecular weight is 270 g/mol. The largest absolute Gasteiger partial charge is 0.339 e. The summed E-state index contributed by atoms with van der Waals surface area (Å²) in [5, 5.41) is 3.49. The SMILES string of the molecule is CCC(=O)Cc1nc(-c2cc(F)c(F)c(F)c2)no1. The van der Waals surface area contributed by atoms with Crippen molar-refractivity contribution in [1.82, 2.24) is 10.1 Å². The molecule has 0 saturated carbocycles. The van der Waals surface area contributed by atoms with E-state index in [4.69, 9.17) is 4.52 Å². The molecular formula is C12H9F3N2O2. The van der Waals surface area contributed by atoms with Crippen molar-refractivity contribution >= 4 is 5.78 Å². The normalized spacial score (nSPS) is 10.7. The number of Topliss-reactive ketones (excluding diaryl/α,β-unsaturated/α-hetero) is 1. The second-order valence-electron chi connectivity index (χ2n) is 3.83. The average Bonchev–Trinajstić information content (AvgIpc) is 2.83. The predicted molar refractivity (Wildman–Crippen MR) is 58.6 cm³/mol. The van der Waals surface area contributed by atoms with E-state index in [2.05, 4.69) is 10.1 Å². The maximum absolute atomic E-state index is 13.0. The first-order valence-electron chi connectivity index (χ1n) is 5.50. The molecule has 2 aromatic rings. The fraction of sp³-hybridized carbons (Fsp3) is 0.250. The molecule has 1 heterocycles. The van der Waals surface area contributed by atoms with Gasteiger partial charge >= 0.3 is 0 Å². The minimum absolute atomic E-state index is 0.0460. The molecule has 0 unspecified atom stereocenters. The predicted octanol–water partition coefficient (Wildman–Crippen LogP) is 2.68. The fourth-order valence-corrected chi connectivity index (χ4v) is 1.42. The van der Waals surface area contributed by atoms with Crippen LogP contribution in [0.3, 0.4) is 0 Å². The van der Waals surface area contributed by atoms with E-state index in [0.717, 1.165) is 12.1 Å².